The summed E-state index contributed by atoms with van der Waals surface area (Å²) >= 11 is 0. The van der Waals surface area contributed by atoms with Gasteiger partial charge in [0.05, 0.1) is 12.7 Å². The molecule has 0 aromatic carbocycles. The Morgan fingerprint density at radius 1 is 1.47 bits per heavy atom. The van der Waals surface area contributed by atoms with Crippen molar-refractivity contribution in [3.63, 3.8) is 0 Å². The average molecular weight is 208 g/mol. The Labute approximate surface area is 91.7 Å². The molecule has 84 valence electrons. The number of hydrogen-bond donors (Lipinski definition) is 0. The van der Waals surface area contributed by atoms with Gasteiger partial charge < -0.3 is 4.74 Å². The summed E-state index contributed by atoms with van der Waals surface area (Å²) < 4.78 is 5.85. The maximum atomic E-state index is 11.5. The van der Waals surface area contributed by atoms with Crippen LogP contribution in [0.1, 0.15) is 46.0 Å². The van der Waals surface area contributed by atoms with Crippen molar-refractivity contribution in [2.75, 3.05) is 0 Å². The molecule has 0 saturated heterocycles. The molecule has 1 heterocycles. The van der Waals surface area contributed by atoms with Crippen LogP contribution in [-0.2, 0) is 9.53 Å². The first-order valence-corrected chi connectivity index (χ1v) is 6.01. The minimum absolute atomic E-state index is 0.168. The Morgan fingerprint density at radius 3 is 2.93 bits per heavy atom. The van der Waals surface area contributed by atoms with E-state index in [9.17, 15) is 4.79 Å². The monoisotopic (exact) mass is 208 g/mol. The van der Waals surface area contributed by atoms with Gasteiger partial charge in [0, 0.05) is 12.0 Å². The first-order valence-electron chi connectivity index (χ1n) is 6.01. The third-order valence-corrected chi connectivity index (χ3v) is 3.88. The summed E-state index contributed by atoms with van der Waals surface area (Å²) in [5, 5.41) is 0. The maximum absolute atomic E-state index is 11.5. The predicted molar refractivity (Wildman–Crippen MR) is 59.4 cm³/mol. The average Bonchev–Trinajstić information content (AvgIpc) is 2.17. The zero-order valence-electron chi connectivity index (χ0n) is 9.66. The lowest BCUT2D eigenvalue weighted by Crippen LogP contribution is -2.47. The topological polar surface area (TPSA) is 26.3 Å². The zero-order chi connectivity index (χ0) is 10.9. The van der Waals surface area contributed by atoms with E-state index in [4.69, 9.17) is 4.74 Å². The Bertz CT molecular complexity index is 280. The molecule has 2 nitrogen and oxygen atoms in total. The molecular formula is C13H20O2. The number of allylic oxidation sites excluding steroid dienone is 1. The van der Waals surface area contributed by atoms with Crippen LogP contribution in [0.3, 0.4) is 0 Å². The first-order chi connectivity index (χ1) is 7.14. The van der Waals surface area contributed by atoms with Crippen LogP contribution < -0.4 is 0 Å². The summed E-state index contributed by atoms with van der Waals surface area (Å²) in [6.45, 7) is 4.48. The van der Waals surface area contributed by atoms with E-state index in [1.165, 1.54) is 19.3 Å². The molecule has 0 N–H and O–H groups in total. The molecule has 1 aliphatic heterocycles. The standard InChI is InChI=1S/C13H20O2/c1-10(2)12-5-3-4-7-13(12)9-11(14)6-8-15-13/h6,8,10,12H,3-5,7,9H2,1-2H3. The van der Waals surface area contributed by atoms with Crippen molar-refractivity contribution in [2.24, 2.45) is 11.8 Å². The van der Waals surface area contributed by atoms with E-state index in [1.807, 2.05) is 0 Å². The molecule has 1 spiro atoms. The van der Waals surface area contributed by atoms with Gasteiger partial charge in [-0.3, -0.25) is 4.79 Å². The summed E-state index contributed by atoms with van der Waals surface area (Å²) in [7, 11) is 0. The second-order valence-electron chi connectivity index (χ2n) is 5.22. The number of rotatable bonds is 1. The quantitative estimate of drug-likeness (QED) is 0.662. The highest BCUT2D eigenvalue weighted by Gasteiger charge is 2.45. The van der Waals surface area contributed by atoms with Gasteiger partial charge in [-0.2, -0.15) is 0 Å². The maximum Gasteiger partial charge on any atom is 0.162 e. The van der Waals surface area contributed by atoms with Crippen molar-refractivity contribution < 1.29 is 9.53 Å². The minimum atomic E-state index is -0.168. The fourth-order valence-corrected chi connectivity index (χ4v) is 3.18. The molecule has 0 amide bonds. The lowest BCUT2D eigenvalue weighted by Gasteiger charge is -2.46. The van der Waals surface area contributed by atoms with E-state index in [-0.39, 0.29) is 11.4 Å². The van der Waals surface area contributed by atoms with E-state index in [1.54, 1.807) is 12.3 Å². The summed E-state index contributed by atoms with van der Waals surface area (Å²) in [5.41, 5.74) is -0.168. The molecular weight excluding hydrogens is 188 g/mol. The van der Waals surface area contributed by atoms with Gasteiger partial charge in [-0.05, 0) is 25.2 Å². The van der Waals surface area contributed by atoms with Crippen LogP contribution >= 0.6 is 0 Å². The summed E-state index contributed by atoms with van der Waals surface area (Å²) in [4.78, 5) is 11.5. The summed E-state index contributed by atoms with van der Waals surface area (Å²) in [6.07, 6.45) is 8.51. The number of carbonyl (C=O) groups is 1. The number of hydrogen-bond acceptors (Lipinski definition) is 2. The highest BCUT2D eigenvalue weighted by atomic mass is 16.5. The van der Waals surface area contributed by atoms with Gasteiger partial charge in [-0.1, -0.05) is 20.3 Å². The van der Waals surface area contributed by atoms with E-state index >= 15 is 0 Å². The van der Waals surface area contributed by atoms with Gasteiger partial charge in [0.25, 0.3) is 0 Å². The SMILES string of the molecule is CC(C)C1CCCCC12CC(=O)C=CO2. The van der Waals surface area contributed by atoms with Gasteiger partial charge in [0.15, 0.2) is 5.78 Å². The van der Waals surface area contributed by atoms with Gasteiger partial charge in [0.2, 0.25) is 0 Å². The van der Waals surface area contributed by atoms with Crippen molar-refractivity contribution in [2.45, 2.75) is 51.6 Å². The highest BCUT2D eigenvalue weighted by molar-refractivity contribution is 5.90. The van der Waals surface area contributed by atoms with Crippen LogP contribution in [0.5, 0.6) is 0 Å². The van der Waals surface area contributed by atoms with Gasteiger partial charge >= 0.3 is 0 Å². The van der Waals surface area contributed by atoms with E-state index in [0.29, 0.717) is 18.3 Å². The summed E-state index contributed by atoms with van der Waals surface area (Å²) in [5.74, 6) is 1.37. The fourth-order valence-electron chi connectivity index (χ4n) is 3.18. The van der Waals surface area contributed by atoms with Crippen LogP contribution in [0, 0.1) is 11.8 Å². The van der Waals surface area contributed by atoms with Gasteiger partial charge in [-0.15, -0.1) is 0 Å². The van der Waals surface area contributed by atoms with Crippen molar-refractivity contribution in [1.82, 2.24) is 0 Å². The third-order valence-electron chi connectivity index (χ3n) is 3.88. The molecule has 15 heavy (non-hydrogen) atoms. The Hall–Kier alpha value is -0.790. The van der Waals surface area contributed by atoms with Crippen molar-refractivity contribution >= 4 is 5.78 Å². The molecule has 1 fully saturated rings. The summed E-state index contributed by atoms with van der Waals surface area (Å²) in [6, 6.07) is 0. The van der Waals surface area contributed by atoms with Gasteiger partial charge in [-0.25, -0.2) is 0 Å². The molecule has 2 atom stereocenters. The van der Waals surface area contributed by atoms with Gasteiger partial charge in [0.1, 0.15) is 5.60 Å². The lowest BCUT2D eigenvalue weighted by molar-refractivity contribution is -0.132. The predicted octanol–water partition coefficient (Wildman–Crippen LogP) is 3.07. The smallest absolute Gasteiger partial charge is 0.162 e. The molecule has 2 aliphatic rings. The Balaban J connectivity index is 2.22. The molecule has 1 aliphatic carbocycles. The highest BCUT2D eigenvalue weighted by Crippen LogP contribution is 2.44. The first kappa shape index (κ1) is 10.7. The van der Waals surface area contributed by atoms with Crippen LogP contribution in [0.4, 0.5) is 0 Å². The second-order valence-corrected chi connectivity index (χ2v) is 5.22. The number of carbonyl (C=O) groups excluding carboxylic acids is 1. The number of ketones is 1. The second kappa shape index (κ2) is 3.99. The van der Waals surface area contributed by atoms with Crippen molar-refractivity contribution in [3.05, 3.63) is 12.3 Å². The van der Waals surface area contributed by atoms with E-state index < -0.39 is 0 Å². The molecule has 2 rings (SSSR count). The Morgan fingerprint density at radius 2 is 2.27 bits per heavy atom. The largest absolute Gasteiger partial charge is 0.494 e. The van der Waals surface area contributed by atoms with Crippen LogP contribution in [0.2, 0.25) is 0 Å². The van der Waals surface area contributed by atoms with Crippen LogP contribution in [0.15, 0.2) is 12.3 Å². The third kappa shape index (κ3) is 1.95. The normalized spacial score (nSPS) is 35.9. The van der Waals surface area contributed by atoms with Crippen molar-refractivity contribution in [3.8, 4) is 0 Å². The van der Waals surface area contributed by atoms with Crippen LogP contribution in [0.25, 0.3) is 0 Å². The molecule has 2 heteroatoms. The molecule has 1 saturated carbocycles. The lowest BCUT2D eigenvalue weighted by atomic mass is 9.67. The zero-order valence-corrected chi connectivity index (χ0v) is 9.66. The number of ether oxygens (including phenoxy) is 1. The molecule has 2 unspecified atom stereocenters. The van der Waals surface area contributed by atoms with E-state index in [0.717, 1.165) is 6.42 Å². The molecule has 0 aromatic rings. The Kier molecular flexibility index (Phi) is 2.85. The molecule has 0 radical (unpaired) electrons. The van der Waals surface area contributed by atoms with Crippen LogP contribution in [-0.4, -0.2) is 11.4 Å². The fraction of sp³-hybridized carbons (Fsp3) is 0.769. The molecule has 0 aromatic heterocycles. The van der Waals surface area contributed by atoms with Crippen molar-refractivity contribution in [1.29, 1.82) is 0 Å². The molecule has 0 bridgehead atoms. The minimum Gasteiger partial charge on any atom is -0.494 e. The van der Waals surface area contributed by atoms with E-state index in [2.05, 4.69) is 13.8 Å².